The molecule has 0 spiro atoms. The Morgan fingerprint density at radius 3 is 2.70 bits per heavy atom. The monoisotopic (exact) mass is 383 g/mol. The predicted molar refractivity (Wildman–Crippen MR) is 91.6 cm³/mol. The molecule has 0 unspecified atom stereocenters. The van der Waals surface area contributed by atoms with Crippen LogP contribution in [0.4, 0.5) is 13.2 Å². The third kappa shape index (κ3) is 6.21. The normalized spacial score (nSPS) is 11.7. The van der Waals surface area contributed by atoms with Gasteiger partial charge < -0.3 is 9.47 Å². The molecule has 146 valence electrons. The Morgan fingerprint density at radius 2 is 2.04 bits per heavy atom. The van der Waals surface area contributed by atoms with E-state index in [4.69, 9.17) is 4.74 Å². The van der Waals surface area contributed by atoms with Crippen molar-refractivity contribution in [3.8, 4) is 17.0 Å². The zero-order valence-electron chi connectivity index (χ0n) is 15.2. The van der Waals surface area contributed by atoms with E-state index in [9.17, 15) is 18.0 Å². The molecular weight excluding hydrogens is 363 g/mol. The number of rotatable bonds is 9. The Hall–Kier alpha value is -2.68. The van der Waals surface area contributed by atoms with Crippen molar-refractivity contribution in [2.24, 2.45) is 0 Å². The molecule has 2 rings (SSSR count). The molecule has 1 aromatic carbocycles. The van der Waals surface area contributed by atoms with E-state index in [0.29, 0.717) is 36.5 Å². The minimum Gasteiger partial charge on any atom is -0.461 e. The molecule has 0 N–H and O–H groups in total. The van der Waals surface area contributed by atoms with E-state index in [2.05, 4.69) is 14.7 Å². The van der Waals surface area contributed by atoms with Crippen molar-refractivity contribution < 1.29 is 27.4 Å². The molecular formula is C18H20F3N3O3. The molecule has 27 heavy (non-hydrogen) atoms. The van der Waals surface area contributed by atoms with Gasteiger partial charge in [0.05, 0.1) is 17.6 Å². The van der Waals surface area contributed by atoms with Gasteiger partial charge in [0.15, 0.2) is 11.6 Å². The Morgan fingerprint density at radius 1 is 1.30 bits per heavy atom. The lowest BCUT2D eigenvalue weighted by Gasteiger charge is -2.28. The summed E-state index contributed by atoms with van der Waals surface area (Å²) in [6, 6.07) is 3.60. The average molecular weight is 383 g/mol. The highest BCUT2D eigenvalue weighted by Crippen LogP contribution is 2.26. The van der Waals surface area contributed by atoms with Crippen LogP contribution >= 0.6 is 0 Å². The summed E-state index contributed by atoms with van der Waals surface area (Å²) in [5.74, 6) is -1.44. The van der Waals surface area contributed by atoms with Crippen LogP contribution in [0.3, 0.4) is 0 Å². The number of benzene rings is 1. The van der Waals surface area contributed by atoms with Crippen molar-refractivity contribution in [3.05, 3.63) is 42.1 Å². The van der Waals surface area contributed by atoms with Gasteiger partial charge in [-0.3, -0.25) is 14.7 Å². The zero-order chi connectivity index (χ0) is 20.0. The first-order chi connectivity index (χ1) is 12.7. The van der Waals surface area contributed by atoms with Crippen molar-refractivity contribution in [1.29, 1.82) is 0 Å². The summed E-state index contributed by atoms with van der Waals surface area (Å²) in [5.41, 5.74) is 0.731. The maximum atomic E-state index is 13.6. The summed E-state index contributed by atoms with van der Waals surface area (Å²) in [7, 11) is 1.83. The molecule has 0 radical (unpaired) electrons. The number of likely N-dealkylation sites (N-methyl/N-ethyl adjacent to an activating group) is 1. The number of hydrogen-bond acceptors (Lipinski definition) is 6. The molecule has 1 heterocycles. The number of nitrogens with zero attached hydrogens (tertiary/aromatic N) is 3. The van der Waals surface area contributed by atoms with E-state index in [-0.39, 0.29) is 0 Å². The molecule has 0 aliphatic rings. The maximum Gasteiger partial charge on any atom is 0.387 e. The van der Waals surface area contributed by atoms with Gasteiger partial charge in [-0.05, 0) is 39.1 Å². The molecule has 0 saturated heterocycles. The number of carbonyl (C=O) groups excluding carboxylic acids is 1. The van der Waals surface area contributed by atoms with E-state index in [1.54, 1.807) is 20.0 Å². The highest BCUT2D eigenvalue weighted by molar-refractivity contribution is 5.60. The van der Waals surface area contributed by atoms with Gasteiger partial charge >= 0.3 is 6.61 Å². The van der Waals surface area contributed by atoms with Crippen molar-refractivity contribution >= 4 is 6.47 Å². The first-order valence-electron chi connectivity index (χ1n) is 8.06. The summed E-state index contributed by atoms with van der Waals surface area (Å²) in [4.78, 5) is 21.0. The summed E-state index contributed by atoms with van der Waals surface area (Å²) in [6.45, 7) is 1.71. The highest BCUT2D eigenvalue weighted by atomic mass is 19.3. The Balaban J connectivity index is 2.17. The quantitative estimate of drug-likeness (QED) is 0.620. The number of carbonyl (C=O) groups is 1. The van der Waals surface area contributed by atoms with E-state index < -0.39 is 23.8 Å². The molecule has 9 heteroatoms. The van der Waals surface area contributed by atoms with Gasteiger partial charge in [-0.1, -0.05) is 0 Å². The van der Waals surface area contributed by atoms with Gasteiger partial charge in [0.1, 0.15) is 5.60 Å². The molecule has 0 atom stereocenters. The average Bonchev–Trinajstić information content (AvgIpc) is 2.56. The van der Waals surface area contributed by atoms with Crippen LogP contribution in [0.5, 0.6) is 5.75 Å². The van der Waals surface area contributed by atoms with Crippen molar-refractivity contribution in [2.45, 2.75) is 32.6 Å². The van der Waals surface area contributed by atoms with Gasteiger partial charge in [-0.15, -0.1) is 0 Å². The van der Waals surface area contributed by atoms with Crippen LogP contribution < -0.4 is 4.74 Å². The van der Waals surface area contributed by atoms with Gasteiger partial charge in [0.25, 0.3) is 6.47 Å². The third-order valence-electron chi connectivity index (χ3n) is 3.58. The first-order valence-corrected chi connectivity index (χ1v) is 8.06. The van der Waals surface area contributed by atoms with Crippen LogP contribution in [0, 0.1) is 5.82 Å². The van der Waals surface area contributed by atoms with Crippen molar-refractivity contribution in [3.63, 3.8) is 0 Å². The van der Waals surface area contributed by atoms with Gasteiger partial charge in [0, 0.05) is 24.8 Å². The van der Waals surface area contributed by atoms with E-state index in [1.807, 2.05) is 11.9 Å². The lowest BCUT2D eigenvalue weighted by molar-refractivity contribution is -0.141. The number of halogens is 3. The van der Waals surface area contributed by atoms with Crippen LogP contribution in [0.2, 0.25) is 0 Å². The van der Waals surface area contributed by atoms with Gasteiger partial charge in [0.2, 0.25) is 0 Å². The van der Waals surface area contributed by atoms with Crippen LogP contribution in [0.1, 0.15) is 19.5 Å². The summed E-state index contributed by atoms with van der Waals surface area (Å²) in [5, 5.41) is 0. The van der Waals surface area contributed by atoms with Gasteiger partial charge in [-0.25, -0.2) is 9.37 Å². The van der Waals surface area contributed by atoms with Crippen LogP contribution in [0.25, 0.3) is 11.3 Å². The second-order valence-electron chi connectivity index (χ2n) is 6.57. The van der Waals surface area contributed by atoms with Crippen LogP contribution in [-0.4, -0.2) is 47.1 Å². The molecule has 0 saturated carbocycles. The van der Waals surface area contributed by atoms with E-state index in [1.165, 1.54) is 12.3 Å². The fraction of sp³-hybridized carbons (Fsp3) is 0.389. The number of alkyl halides is 2. The third-order valence-corrected chi connectivity index (χ3v) is 3.58. The molecule has 2 aromatic rings. The maximum absolute atomic E-state index is 13.6. The van der Waals surface area contributed by atoms with Crippen molar-refractivity contribution in [2.75, 3.05) is 13.6 Å². The fourth-order valence-corrected chi connectivity index (χ4v) is 2.62. The summed E-state index contributed by atoms with van der Waals surface area (Å²) < 4.78 is 47.5. The molecule has 0 aliphatic heterocycles. The standard InChI is InChI=1S/C18H20F3N3O3/c1-18(2,26-11-25)10-24(3)9-13-7-22-8-15(23-13)12-4-5-14(19)16(6-12)27-17(20)21/h4-8,11,17H,9-10H2,1-3H3. The Labute approximate surface area is 154 Å². The molecule has 0 aliphatic carbocycles. The minimum absolute atomic E-state index is 0.392. The van der Waals surface area contributed by atoms with Gasteiger partial charge in [-0.2, -0.15) is 8.78 Å². The molecule has 0 fully saturated rings. The van der Waals surface area contributed by atoms with E-state index in [0.717, 1.165) is 12.1 Å². The zero-order valence-corrected chi connectivity index (χ0v) is 15.2. The Kier molecular flexibility index (Phi) is 6.73. The largest absolute Gasteiger partial charge is 0.461 e. The molecule has 1 aromatic heterocycles. The number of aromatic nitrogens is 2. The molecule has 0 amide bonds. The molecule has 0 bridgehead atoms. The van der Waals surface area contributed by atoms with Crippen LogP contribution in [-0.2, 0) is 16.1 Å². The van der Waals surface area contributed by atoms with Crippen molar-refractivity contribution in [1.82, 2.24) is 14.9 Å². The second kappa shape index (κ2) is 8.81. The number of ether oxygens (including phenoxy) is 2. The van der Waals surface area contributed by atoms with E-state index >= 15 is 0 Å². The lowest BCUT2D eigenvalue weighted by atomic mass is 10.1. The molecule has 6 nitrogen and oxygen atoms in total. The minimum atomic E-state index is -3.13. The SMILES string of the molecule is CN(Cc1cncc(-c2ccc(F)c(OC(F)F)c2)n1)CC(C)(C)OC=O. The predicted octanol–water partition coefficient (Wildman–Crippen LogP) is 3.27. The smallest absolute Gasteiger partial charge is 0.387 e. The summed E-state index contributed by atoms with van der Waals surface area (Å²) in [6.07, 6.45) is 3.01. The second-order valence-corrected chi connectivity index (χ2v) is 6.57. The topological polar surface area (TPSA) is 64.6 Å². The fourth-order valence-electron chi connectivity index (χ4n) is 2.62. The summed E-state index contributed by atoms with van der Waals surface area (Å²) >= 11 is 0. The van der Waals surface area contributed by atoms with Crippen LogP contribution in [0.15, 0.2) is 30.6 Å². The number of hydrogen-bond donors (Lipinski definition) is 0. The first kappa shape index (κ1) is 20.6. The highest BCUT2D eigenvalue weighted by Gasteiger charge is 2.21. The lowest BCUT2D eigenvalue weighted by Crippen LogP contribution is -2.38. The Bertz CT molecular complexity index is 787.